The first-order valence-corrected chi connectivity index (χ1v) is 7.80. The Labute approximate surface area is 134 Å². The van der Waals surface area contributed by atoms with E-state index in [1.165, 1.54) is 25.0 Å². The highest BCUT2D eigenvalue weighted by atomic mass is 35.5. The normalized spacial score (nSPS) is 15.4. The molecule has 1 unspecified atom stereocenters. The average molecular weight is 321 g/mol. The summed E-state index contributed by atoms with van der Waals surface area (Å²) >= 11 is 6.05. The zero-order chi connectivity index (χ0) is 15.5. The zero-order valence-electron chi connectivity index (χ0n) is 12.4. The first-order chi connectivity index (χ1) is 10.6. The van der Waals surface area contributed by atoms with Gasteiger partial charge >= 0.3 is 0 Å². The van der Waals surface area contributed by atoms with Crippen LogP contribution in [0.4, 0.5) is 10.2 Å². The minimum Gasteiger partial charge on any atom is -0.493 e. The molecule has 5 heteroatoms. The zero-order valence-corrected chi connectivity index (χ0v) is 13.1. The highest BCUT2D eigenvalue weighted by Gasteiger charge is 2.22. The van der Waals surface area contributed by atoms with Gasteiger partial charge in [-0.25, -0.2) is 9.37 Å². The number of rotatable bonds is 6. The van der Waals surface area contributed by atoms with Crippen molar-refractivity contribution in [1.82, 2.24) is 4.98 Å². The fraction of sp³-hybridized carbons (Fsp3) is 0.353. The SMILES string of the molecule is CC(Nc1cc(OCC2CC2)cc(Cl)n1)c1ccc(F)cc1. The molecule has 1 aliphatic rings. The molecule has 0 amide bonds. The van der Waals surface area contributed by atoms with E-state index in [0.717, 1.165) is 17.9 Å². The van der Waals surface area contributed by atoms with Crippen molar-refractivity contribution in [2.45, 2.75) is 25.8 Å². The Bertz CT molecular complexity index is 644. The Balaban J connectivity index is 1.68. The summed E-state index contributed by atoms with van der Waals surface area (Å²) in [7, 11) is 0. The predicted molar refractivity (Wildman–Crippen MR) is 85.9 cm³/mol. The molecule has 1 aromatic carbocycles. The monoisotopic (exact) mass is 320 g/mol. The molecule has 1 N–H and O–H groups in total. The van der Waals surface area contributed by atoms with E-state index in [4.69, 9.17) is 16.3 Å². The Morgan fingerprint density at radius 1 is 1.32 bits per heavy atom. The van der Waals surface area contributed by atoms with Crippen molar-refractivity contribution in [2.24, 2.45) is 5.92 Å². The van der Waals surface area contributed by atoms with Gasteiger partial charge in [-0.15, -0.1) is 0 Å². The maximum atomic E-state index is 13.0. The maximum Gasteiger partial charge on any atom is 0.135 e. The fourth-order valence-electron chi connectivity index (χ4n) is 2.19. The summed E-state index contributed by atoms with van der Waals surface area (Å²) in [6.07, 6.45) is 2.48. The number of anilines is 1. The van der Waals surface area contributed by atoms with E-state index in [9.17, 15) is 4.39 Å². The van der Waals surface area contributed by atoms with Crippen molar-refractivity contribution in [1.29, 1.82) is 0 Å². The Morgan fingerprint density at radius 2 is 2.05 bits per heavy atom. The number of ether oxygens (including phenoxy) is 1. The van der Waals surface area contributed by atoms with Crippen molar-refractivity contribution in [3.05, 3.63) is 52.9 Å². The molecular formula is C17H18ClFN2O. The molecule has 0 radical (unpaired) electrons. The van der Waals surface area contributed by atoms with Gasteiger partial charge in [0.1, 0.15) is 22.5 Å². The molecule has 0 spiro atoms. The molecule has 3 rings (SSSR count). The Morgan fingerprint density at radius 3 is 2.73 bits per heavy atom. The van der Waals surface area contributed by atoms with Gasteiger partial charge in [-0.05, 0) is 43.4 Å². The highest BCUT2D eigenvalue weighted by molar-refractivity contribution is 6.29. The van der Waals surface area contributed by atoms with Gasteiger partial charge in [0.05, 0.1) is 6.61 Å². The van der Waals surface area contributed by atoms with Crippen LogP contribution in [0.3, 0.4) is 0 Å². The average Bonchev–Trinajstić information content (AvgIpc) is 3.29. The smallest absolute Gasteiger partial charge is 0.135 e. The first-order valence-electron chi connectivity index (χ1n) is 7.42. The molecular weight excluding hydrogens is 303 g/mol. The van der Waals surface area contributed by atoms with Gasteiger partial charge in [0, 0.05) is 18.2 Å². The molecule has 0 saturated heterocycles. The third-order valence-corrected chi connectivity index (χ3v) is 3.88. The van der Waals surface area contributed by atoms with Crippen LogP contribution in [0.15, 0.2) is 36.4 Å². The van der Waals surface area contributed by atoms with Crippen LogP contribution in [0.25, 0.3) is 0 Å². The number of nitrogens with one attached hydrogen (secondary N) is 1. The minimum atomic E-state index is -0.243. The van der Waals surface area contributed by atoms with Crippen molar-refractivity contribution < 1.29 is 9.13 Å². The third-order valence-electron chi connectivity index (χ3n) is 3.68. The lowest BCUT2D eigenvalue weighted by molar-refractivity contribution is 0.299. The van der Waals surface area contributed by atoms with Gasteiger partial charge in [-0.1, -0.05) is 23.7 Å². The summed E-state index contributed by atoms with van der Waals surface area (Å²) in [6, 6.07) is 9.95. The molecule has 3 nitrogen and oxygen atoms in total. The fourth-order valence-corrected chi connectivity index (χ4v) is 2.38. The second-order valence-electron chi connectivity index (χ2n) is 5.68. The van der Waals surface area contributed by atoms with Crippen molar-refractivity contribution in [3.63, 3.8) is 0 Å². The number of aromatic nitrogens is 1. The summed E-state index contributed by atoms with van der Waals surface area (Å²) in [5.74, 6) is 1.81. The van der Waals surface area contributed by atoms with Crippen LogP contribution < -0.4 is 10.1 Å². The quantitative estimate of drug-likeness (QED) is 0.774. The van der Waals surface area contributed by atoms with E-state index in [2.05, 4.69) is 10.3 Å². The summed E-state index contributed by atoms with van der Waals surface area (Å²) in [5, 5.41) is 3.65. The van der Waals surface area contributed by atoms with Crippen LogP contribution in [-0.2, 0) is 0 Å². The number of hydrogen-bond donors (Lipinski definition) is 1. The van der Waals surface area contributed by atoms with Crippen LogP contribution in [0.5, 0.6) is 5.75 Å². The number of halogens is 2. The summed E-state index contributed by atoms with van der Waals surface area (Å²) < 4.78 is 18.7. The van der Waals surface area contributed by atoms with Crippen molar-refractivity contribution in [3.8, 4) is 5.75 Å². The molecule has 2 aromatic rings. The molecule has 1 aliphatic carbocycles. The molecule has 1 heterocycles. The van der Waals surface area contributed by atoms with E-state index < -0.39 is 0 Å². The van der Waals surface area contributed by atoms with Crippen LogP contribution in [0, 0.1) is 11.7 Å². The van der Waals surface area contributed by atoms with Crippen LogP contribution in [0.1, 0.15) is 31.4 Å². The van der Waals surface area contributed by atoms with Crippen LogP contribution in [-0.4, -0.2) is 11.6 Å². The number of pyridine rings is 1. The molecule has 1 fully saturated rings. The van der Waals surface area contributed by atoms with E-state index >= 15 is 0 Å². The van der Waals surface area contributed by atoms with Gasteiger partial charge in [0.2, 0.25) is 0 Å². The van der Waals surface area contributed by atoms with Gasteiger partial charge in [0.15, 0.2) is 0 Å². The molecule has 1 aromatic heterocycles. The largest absolute Gasteiger partial charge is 0.493 e. The predicted octanol–water partition coefficient (Wildman–Crippen LogP) is 4.84. The molecule has 0 bridgehead atoms. The van der Waals surface area contributed by atoms with Crippen LogP contribution >= 0.6 is 11.6 Å². The lowest BCUT2D eigenvalue weighted by Gasteiger charge is -2.16. The second-order valence-corrected chi connectivity index (χ2v) is 6.07. The Hall–Kier alpha value is -1.81. The third kappa shape index (κ3) is 4.10. The van der Waals surface area contributed by atoms with E-state index in [1.807, 2.05) is 13.0 Å². The lowest BCUT2D eigenvalue weighted by Crippen LogP contribution is -2.08. The molecule has 22 heavy (non-hydrogen) atoms. The van der Waals surface area contributed by atoms with Crippen molar-refractivity contribution >= 4 is 17.4 Å². The lowest BCUT2D eigenvalue weighted by atomic mass is 10.1. The van der Waals surface area contributed by atoms with Gasteiger partial charge in [0.25, 0.3) is 0 Å². The number of hydrogen-bond acceptors (Lipinski definition) is 3. The first kappa shape index (κ1) is 15.1. The Kier molecular flexibility index (Phi) is 4.48. The maximum absolute atomic E-state index is 13.0. The minimum absolute atomic E-state index is 0.0113. The van der Waals surface area contributed by atoms with Gasteiger partial charge in [-0.3, -0.25) is 0 Å². The topological polar surface area (TPSA) is 34.1 Å². The molecule has 1 saturated carbocycles. The second kappa shape index (κ2) is 6.53. The standard InChI is InChI=1S/C17H18ClFN2O/c1-11(13-4-6-14(19)7-5-13)20-17-9-15(8-16(18)21-17)22-10-12-2-3-12/h4-9,11-12H,2-3,10H2,1H3,(H,20,21). The van der Waals surface area contributed by atoms with Crippen LogP contribution in [0.2, 0.25) is 5.15 Å². The van der Waals surface area contributed by atoms with E-state index in [1.54, 1.807) is 18.2 Å². The number of nitrogens with zero attached hydrogens (tertiary/aromatic N) is 1. The van der Waals surface area contributed by atoms with Gasteiger partial charge < -0.3 is 10.1 Å². The molecule has 1 atom stereocenters. The molecule has 0 aliphatic heterocycles. The van der Waals surface area contributed by atoms with Crippen molar-refractivity contribution in [2.75, 3.05) is 11.9 Å². The highest BCUT2D eigenvalue weighted by Crippen LogP contribution is 2.31. The number of benzene rings is 1. The summed E-state index contributed by atoms with van der Waals surface area (Å²) in [5.41, 5.74) is 0.976. The van der Waals surface area contributed by atoms with Gasteiger partial charge in [-0.2, -0.15) is 0 Å². The summed E-state index contributed by atoms with van der Waals surface area (Å²) in [6.45, 7) is 2.72. The molecule has 116 valence electrons. The summed E-state index contributed by atoms with van der Waals surface area (Å²) in [4.78, 5) is 4.26. The van der Waals surface area contributed by atoms with E-state index in [0.29, 0.717) is 16.9 Å². The van der Waals surface area contributed by atoms with E-state index in [-0.39, 0.29) is 11.9 Å².